The van der Waals surface area contributed by atoms with E-state index in [1.165, 1.54) is 6.07 Å². The minimum absolute atomic E-state index is 0.176. The zero-order valence-corrected chi connectivity index (χ0v) is 12.0. The number of halogens is 1. The van der Waals surface area contributed by atoms with Crippen LogP contribution in [0.25, 0.3) is 0 Å². The van der Waals surface area contributed by atoms with E-state index < -0.39 is 0 Å². The lowest BCUT2D eigenvalue weighted by Crippen LogP contribution is -2.27. The van der Waals surface area contributed by atoms with Crippen LogP contribution in [0, 0.1) is 5.82 Å². The molecule has 21 heavy (non-hydrogen) atoms. The first-order valence-corrected chi connectivity index (χ1v) is 7.38. The third kappa shape index (κ3) is 3.68. The minimum atomic E-state index is -0.176. The Kier molecular flexibility index (Phi) is 4.62. The first-order chi connectivity index (χ1) is 10.3. The third-order valence-corrected chi connectivity index (χ3v) is 3.78. The molecule has 4 nitrogen and oxygen atoms in total. The molecule has 1 saturated heterocycles. The summed E-state index contributed by atoms with van der Waals surface area (Å²) in [5, 5.41) is 3.37. The van der Waals surface area contributed by atoms with E-state index in [-0.39, 0.29) is 5.82 Å². The molecular formula is C16H20FN3O. The molecule has 1 unspecified atom stereocenters. The Morgan fingerprint density at radius 2 is 2.29 bits per heavy atom. The van der Waals surface area contributed by atoms with Crippen molar-refractivity contribution in [2.75, 3.05) is 13.2 Å². The second-order valence-electron chi connectivity index (χ2n) is 5.33. The maximum atomic E-state index is 13.7. The molecule has 3 rings (SSSR count). The van der Waals surface area contributed by atoms with Crippen LogP contribution in [0.1, 0.15) is 24.2 Å². The van der Waals surface area contributed by atoms with E-state index in [0.717, 1.165) is 31.8 Å². The molecule has 0 bridgehead atoms. The molecular weight excluding hydrogens is 269 g/mol. The molecule has 5 heteroatoms. The predicted molar refractivity (Wildman–Crippen MR) is 78.4 cm³/mol. The van der Waals surface area contributed by atoms with Gasteiger partial charge in [0, 0.05) is 31.1 Å². The van der Waals surface area contributed by atoms with Crippen LogP contribution in [0.5, 0.6) is 0 Å². The van der Waals surface area contributed by atoms with Crippen molar-refractivity contribution in [2.24, 2.45) is 0 Å². The van der Waals surface area contributed by atoms with Gasteiger partial charge in [0.1, 0.15) is 11.6 Å². The topological polar surface area (TPSA) is 39.1 Å². The molecule has 0 spiro atoms. The zero-order chi connectivity index (χ0) is 14.5. The number of aromatic nitrogens is 2. The fourth-order valence-electron chi connectivity index (χ4n) is 2.61. The summed E-state index contributed by atoms with van der Waals surface area (Å²) in [7, 11) is 0. The molecule has 0 saturated carbocycles. The summed E-state index contributed by atoms with van der Waals surface area (Å²) in [6.45, 7) is 2.88. The second kappa shape index (κ2) is 6.83. The van der Waals surface area contributed by atoms with Gasteiger partial charge in [-0.3, -0.25) is 0 Å². The summed E-state index contributed by atoms with van der Waals surface area (Å²) in [6.07, 6.45) is 6.23. The molecule has 2 aromatic rings. The summed E-state index contributed by atoms with van der Waals surface area (Å²) in [6, 6.07) is 6.85. The van der Waals surface area contributed by atoms with Crippen molar-refractivity contribution >= 4 is 0 Å². The van der Waals surface area contributed by atoms with E-state index in [1.54, 1.807) is 18.3 Å². The summed E-state index contributed by atoms with van der Waals surface area (Å²) >= 11 is 0. The van der Waals surface area contributed by atoms with Crippen molar-refractivity contribution in [3.8, 4) is 0 Å². The van der Waals surface area contributed by atoms with Crippen LogP contribution in [0.3, 0.4) is 0 Å². The molecule has 1 aliphatic rings. The van der Waals surface area contributed by atoms with Crippen LogP contribution >= 0.6 is 0 Å². The SMILES string of the molecule is Fc1ccccc1Cn1ccnc1CNCC1CCCO1. The maximum absolute atomic E-state index is 13.7. The molecule has 1 atom stereocenters. The molecule has 112 valence electrons. The number of hydrogen-bond acceptors (Lipinski definition) is 3. The van der Waals surface area contributed by atoms with E-state index in [4.69, 9.17) is 4.74 Å². The molecule has 0 aliphatic carbocycles. The maximum Gasteiger partial charge on any atom is 0.128 e. The number of hydrogen-bond donors (Lipinski definition) is 1. The highest BCUT2D eigenvalue weighted by molar-refractivity contribution is 5.18. The molecule has 1 fully saturated rings. The lowest BCUT2D eigenvalue weighted by atomic mass is 10.2. The van der Waals surface area contributed by atoms with Crippen molar-refractivity contribution in [3.05, 3.63) is 53.9 Å². The summed E-state index contributed by atoms with van der Waals surface area (Å²) in [4.78, 5) is 4.34. The summed E-state index contributed by atoms with van der Waals surface area (Å²) < 4.78 is 21.3. The first kappa shape index (κ1) is 14.2. The van der Waals surface area contributed by atoms with Gasteiger partial charge in [-0.25, -0.2) is 9.37 Å². The molecule has 0 radical (unpaired) electrons. The van der Waals surface area contributed by atoms with Crippen LogP contribution in [0.15, 0.2) is 36.7 Å². The standard InChI is InChI=1S/C16H20FN3O/c17-15-6-2-1-4-13(15)12-20-8-7-19-16(20)11-18-10-14-5-3-9-21-14/h1-2,4,6-8,14,18H,3,5,9-12H2. The number of benzene rings is 1. The van der Waals surface area contributed by atoms with Gasteiger partial charge in [0.2, 0.25) is 0 Å². The highest BCUT2D eigenvalue weighted by atomic mass is 19.1. The van der Waals surface area contributed by atoms with Crippen molar-refractivity contribution in [1.29, 1.82) is 0 Å². The number of rotatable bonds is 6. The van der Waals surface area contributed by atoms with Gasteiger partial charge in [0.25, 0.3) is 0 Å². The van der Waals surface area contributed by atoms with E-state index in [0.29, 0.717) is 24.8 Å². The molecule has 2 heterocycles. The van der Waals surface area contributed by atoms with Gasteiger partial charge in [0.05, 0.1) is 19.2 Å². The van der Waals surface area contributed by atoms with Crippen LogP contribution in [-0.2, 0) is 17.8 Å². The van der Waals surface area contributed by atoms with Crippen molar-refractivity contribution in [1.82, 2.24) is 14.9 Å². The van der Waals surface area contributed by atoms with Crippen LogP contribution < -0.4 is 5.32 Å². The number of nitrogens with zero attached hydrogens (tertiary/aromatic N) is 2. The molecule has 1 N–H and O–H groups in total. The Labute approximate surface area is 124 Å². The van der Waals surface area contributed by atoms with Crippen molar-refractivity contribution < 1.29 is 9.13 Å². The average Bonchev–Trinajstić information content (AvgIpc) is 3.14. The minimum Gasteiger partial charge on any atom is -0.377 e. The number of ether oxygens (including phenoxy) is 1. The number of imidazole rings is 1. The number of nitrogens with one attached hydrogen (secondary N) is 1. The van der Waals surface area contributed by atoms with E-state index >= 15 is 0 Å². The third-order valence-electron chi connectivity index (χ3n) is 3.78. The zero-order valence-electron chi connectivity index (χ0n) is 12.0. The summed E-state index contributed by atoms with van der Waals surface area (Å²) in [5.74, 6) is 0.737. The Balaban J connectivity index is 1.57. The quantitative estimate of drug-likeness (QED) is 0.887. The highest BCUT2D eigenvalue weighted by Crippen LogP contribution is 2.12. The Morgan fingerprint density at radius 1 is 1.38 bits per heavy atom. The molecule has 1 aromatic carbocycles. The highest BCUT2D eigenvalue weighted by Gasteiger charge is 2.15. The fraction of sp³-hybridized carbons (Fsp3) is 0.438. The van der Waals surface area contributed by atoms with Crippen LogP contribution in [-0.4, -0.2) is 28.8 Å². The molecule has 0 amide bonds. The van der Waals surface area contributed by atoms with E-state index in [1.807, 2.05) is 16.8 Å². The van der Waals surface area contributed by atoms with E-state index in [9.17, 15) is 4.39 Å². The molecule has 1 aliphatic heterocycles. The predicted octanol–water partition coefficient (Wildman–Crippen LogP) is 2.34. The van der Waals surface area contributed by atoms with E-state index in [2.05, 4.69) is 10.3 Å². The average molecular weight is 289 g/mol. The smallest absolute Gasteiger partial charge is 0.128 e. The Morgan fingerprint density at radius 3 is 3.10 bits per heavy atom. The first-order valence-electron chi connectivity index (χ1n) is 7.38. The lowest BCUT2D eigenvalue weighted by molar-refractivity contribution is 0.109. The van der Waals surface area contributed by atoms with Crippen molar-refractivity contribution in [3.63, 3.8) is 0 Å². The van der Waals surface area contributed by atoms with Gasteiger partial charge in [-0.2, -0.15) is 0 Å². The second-order valence-corrected chi connectivity index (χ2v) is 5.33. The van der Waals surface area contributed by atoms with Gasteiger partial charge in [0.15, 0.2) is 0 Å². The Hall–Kier alpha value is -1.72. The van der Waals surface area contributed by atoms with Gasteiger partial charge >= 0.3 is 0 Å². The van der Waals surface area contributed by atoms with Gasteiger partial charge < -0.3 is 14.6 Å². The fourth-order valence-corrected chi connectivity index (χ4v) is 2.61. The van der Waals surface area contributed by atoms with Crippen molar-refractivity contribution in [2.45, 2.75) is 32.0 Å². The monoisotopic (exact) mass is 289 g/mol. The Bertz CT molecular complexity index is 578. The normalized spacial score (nSPS) is 18.2. The van der Waals surface area contributed by atoms with Crippen LogP contribution in [0.2, 0.25) is 0 Å². The van der Waals surface area contributed by atoms with Gasteiger partial charge in [-0.05, 0) is 18.9 Å². The molecule has 1 aromatic heterocycles. The largest absolute Gasteiger partial charge is 0.377 e. The summed E-state index contributed by atoms with van der Waals surface area (Å²) in [5.41, 5.74) is 0.677. The van der Waals surface area contributed by atoms with Gasteiger partial charge in [-0.1, -0.05) is 18.2 Å². The lowest BCUT2D eigenvalue weighted by Gasteiger charge is -2.12. The van der Waals surface area contributed by atoms with Gasteiger partial charge in [-0.15, -0.1) is 0 Å². The van der Waals surface area contributed by atoms with Crippen LogP contribution in [0.4, 0.5) is 4.39 Å².